The molecule has 10 nitrogen and oxygen atoms in total. The van der Waals surface area contributed by atoms with Crippen molar-refractivity contribution >= 4 is 46.0 Å². The van der Waals surface area contributed by atoms with Gasteiger partial charge in [-0.05, 0) is 66.3 Å². The molecule has 0 unspecified atom stereocenters. The second-order valence-corrected chi connectivity index (χ2v) is 14.5. The molecule has 52 heavy (non-hydrogen) atoms. The van der Waals surface area contributed by atoms with Crippen LogP contribution in [0.5, 0.6) is 5.75 Å². The number of carboxylic acid groups (broad SMARTS) is 1. The van der Waals surface area contributed by atoms with Crippen molar-refractivity contribution in [2.24, 2.45) is 0 Å². The van der Waals surface area contributed by atoms with Gasteiger partial charge in [0.1, 0.15) is 5.75 Å². The van der Waals surface area contributed by atoms with Crippen LogP contribution in [-0.2, 0) is 29.2 Å². The van der Waals surface area contributed by atoms with Crippen LogP contribution >= 0.6 is 23.2 Å². The maximum Gasteiger partial charge on any atom is 0.337 e. The van der Waals surface area contributed by atoms with Gasteiger partial charge in [0.05, 0.1) is 30.4 Å². The highest BCUT2D eigenvalue weighted by Crippen LogP contribution is 2.40. The topological polar surface area (TPSA) is 129 Å². The maximum atomic E-state index is 11.7. The normalized spacial score (nSPS) is 19.2. The number of aliphatic hydroxyl groups is 1. The van der Waals surface area contributed by atoms with Gasteiger partial charge in [-0.3, -0.25) is 14.4 Å². The van der Waals surface area contributed by atoms with Gasteiger partial charge in [0.2, 0.25) is 5.91 Å². The molecule has 1 amide bonds. The van der Waals surface area contributed by atoms with Gasteiger partial charge in [0.25, 0.3) is 0 Å². The molecule has 1 aromatic heterocycles. The molecular weight excluding hydrogens is 701 g/mol. The van der Waals surface area contributed by atoms with Crippen LogP contribution in [0.15, 0.2) is 79.0 Å². The first kappa shape index (κ1) is 35.9. The summed E-state index contributed by atoms with van der Waals surface area (Å²) >= 11 is 14.0. The summed E-state index contributed by atoms with van der Waals surface area (Å²) in [7, 11) is 1.60. The molecule has 5 aromatic rings. The zero-order valence-electron chi connectivity index (χ0n) is 28.9. The quantitative estimate of drug-likeness (QED) is 0.114. The Morgan fingerprint density at radius 2 is 1.81 bits per heavy atom. The van der Waals surface area contributed by atoms with Crippen LogP contribution in [0.1, 0.15) is 42.4 Å². The Balaban J connectivity index is 1.08. The lowest BCUT2D eigenvalue weighted by Crippen LogP contribution is -2.52. The lowest BCUT2D eigenvalue weighted by atomic mass is 9.92. The van der Waals surface area contributed by atoms with Crippen molar-refractivity contribution in [2.75, 3.05) is 26.7 Å². The van der Waals surface area contributed by atoms with E-state index in [1.54, 1.807) is 7.11 Å². The Labute approximate surface area is 312 Å². The van der Waals surface area contributed by atoms with Crippen LogP contribution in [0.4, 0.5) is 0 Å². The molecule has 0 saturated carbocycles. The number of benzene rings is 4. The number of carbonyl (C=O) groups is 2. The third-order valence-electron chi connectivity index (χ3n) is 10.2. The Morgan fingerprint density at radius 3 is 2.56 bits per heavy atom. The monoisotopic (exact) mass is 741 g/mol. The van der Waals surface area contributed by atoms with E-state index in [2.05, 4.69) is 41.0 Å². The number of carboxylic acids is 1. The minimum atomic E-state index is -1.76. The van der Waals surface area contributed by atoms with Gasteiger partial charge in [-0.15, -0.1) is 0 Å². The van der Waals surface area contributed by atoms with E-state index in [1.807, 2.05) is 58.2 Å². The van der Waals surface area contributed by atoms with Gasteiger partial charge in [-0.1, -0.05) is 77.8 Å². The molecule has 0 aliphatic carbocycles. The van der Waals surface area contributed by atoms with E-state index in [9.17, 15) is 19.8 Å². The summed E-state index contributed by atoms with van der Waals surface area (Å²) in [6.07, 6.45) is 4.13. The summed E-state index contributed by atoms with van der Waals surface area (Å²) in [5.74, 6) is -0.445. The number of β-amino-alcohol motifs (C(OH)–C–C–N with tert-alkyl or cyclic N) is 1. The van der Waals surface area contributed by atoms with Crippen molar-refractivity contribution in [2.45, 2.75) is 57.0 Å². The smallest absolute Gasteiger partial charge is 0.337 e. The summed E-state index contributed by atoms with van der Waals surface area (Å²) in [6.45, 7) is 2.97. The van der Waals surface area contributed by atoms with Gasteiger partial charge < -0.3 is 25.6 Å². The van der Waals surface area contributed by atoms with Crippen molar-refractivity contribution in [3.05, 3.63) is 106 Å². The molecule has 3 heterocycles. The molecule has 7 rings (SSSR count). The number of aromatic nitrogens is 2. The predicted octanol–water partition coefficient (Wildman–Crippen LogP) is 6.51. The van der Waals surface area contributed by atoms with Crippen LogP contribution in [0.25, 0.3) is 33.2 Å². The van der Waals surface area contributed by atoms with E-state index in [0.717, 1.165) is 62.8 Å². The van der Waals surface area contributed by atoms with E-state index in [4.69, 9.17) is 33.0 Å². The molecule has 4 aromatic carbocycles. The van der Waals surface area contributed by atoms with Crippen molar-refractivity contribution in [3.63, 3.8) is 0 Å². The van der Waals surface area contributed by atoms with Crippen LogP contribution in [0, 0.1) is 0 Å². The number of amides is 1. The highest BCUT2D eigenvalue weighted by atomic mass is 35.5. The fourth-order valence-corrected chi connectivity index (χ4v) is 7.94. The van der Waals surface area contributed by atoms with Gasteiger partial charge in [0, 0.05) is 65.7 Å². The van der Waals surface area contributed by atoms with Crippen LogP contribution in [0.3, 0.4) is 0 Å². The number of aliphatic carboxylic acids is 1. The Morgan fingerprint density at radius 1 is 1.04 bits per heavy atom. The van der Waals surface area contributed by atoms with Crippen molar-refractivity contribution in [3.8, 4) is 28.0 Å². The molecule has 2 saturated heterocycles. The summed E-state index contributed by atoms with van der Waals surface area (Å²) in [5, 5.41) is 33.4. The zero-order chi connectivity index (χ0) is 36.4. The number of nitrogens with zero attached hydrogens (tertiary/aromatic N) is 3. The van der Waals surface area contributed by atoms with Gasteiger partial charge >= 0.3 is 5.97 Å². The van der Waals surface area contributed by atoms with Crippen molar-refractivity contribution in [1.82, 2.24) is 25.3 Å². The second-order valence-electron chi connectivity index (χ2n) is 13.7. The molecule has 0 radical (unpaired) electrons. The molecule has 2 aliphatic heterocycles. The van der Waals surface area contributed by atoms with E-state index in [-0.39, 0.29) is 24.9 Å². The first-order valence-corrected chi connectivity index (χ1v) is 18.2. The van der Waals surface area contributed by atoms with Gasteiger partial charge in [-0.25, -0.2) is 4.79 Å². The molecule has 2 atom stereocenters. The molecular formula is C40H41Cl2N5O5. The van der Waals surface area contributed by atoms with E-state index >= 15 is 0 Å². The fraction of sp³-hybridized carbons (Fsp3) is 0.325. The number of ether oxygens (including phenoxy) is 1. The number of likely N-dealkylation sites (tertiary alicyclic amines) is 1. The molecule has 0 bridgehead atoms. The fourth-order valence-electron chi connectivity index (χ4n) is 7.36. The number of methoxy groups -OCH3 is 1. The van der Waals surface area contributed by atoms with Crippen LogP contribution in [-0.4, -0.2) is 75.2 Å². The number of nitrogens with one attached hydrogen (secondary N) is 2. The van der Waals surface area contributed by atoms with E-state index < -0.39 is 11.6 Å². The first-order chi connectivity index (χ1) is 25.1. The van der Waals surface area contributed by atoms with E-state index in [1.165, 1.54) is 0 Å². The largest absolute Gasteiger partial charge is 0.496 e. The minimum Gasteiger partial charge on any atom is -0.496 e. The lowest BCUT2D eigenvalue weighted by molar-refractivity contribution is -0.164. The number of halogens is 2. The maximum absolute atomic E-state index is 11.7. The van der Waals surface area contributed by atoms with Crippen LogP contribution in [0.2, 0.25) is 10.0 Å². The Hall–Kier alpha value is -4.45. The standard InChI is InChI=1S/C40H41Cl2N5O5/c1-52-36-18-27(34(41)17-28(36)22-46-16-4-15-40(51,24-46)39(49)50)23-47-35-8-3-6-31(33(35)21-44-47)32-7-2-5-30(38(32)42)26-11-9-25(10-12-26)19-43-20-29-13-14-37(48)45-29/h2-3,5-12,17-18,21,29,43,51H,4,13-16,19-20,22-24H2,1H3,(H,45,48)(H,49,50)/t29-,40-/m0/s1. The Kier molecular flexibility index (Phi) is 10.5. The molecule has 2 aliphatic rings. The average Bonchev–Trinajstić information content (AvgIpc) is 3.75. The third kappa shape index (κ3) is 7.53. The number of rotatable bonds is 12. The van der Waals surface area contributed by atoms with Crippen LogP contribution < -0.4 is 15.4 Å². The first-order valence-electron chi connectivity index (χ1n) is 17.5. The molecule has 270 valence electrons. The summed E-state index contributed by atoms with van der Waals surface area (Å²) < 4.78 is 7.65. The van der Waals surface area contributed by atoms with Crippen molar-refractivity contribution in [1.29, 1.82) is 0 Å². The summed E-state index contributed by atoms with van der Waals surface area (Å²) in [4.78, 5) is 25.0. The average molecular weight is 743 g/mol. The summed E-state index contributed by atoms with van der Waals surface area (Å²) in [5.41, 5.74) is 5.79. The van der Waals surface area contributed by atoms with Gasteiger partial charge in [-0.2, -0.15) is 5.10 Å². The molecule has 2 fully saturated rings. The molecule has 4 N–H and O–H groups in total. The molecule has 12 heteroatoms. The third-order valence-corrected chi connectivity index (χ3v) is 10.9. The Bertz CT molecular complexity index is 2120. The summed E-state index contributed by atoms with van der Waals surface area (Å²) in [6, 6.07) is 24.5. The number of carbonyl (C=O) groups excluding carboxylic acids is 1. The number of fused-ring (bicyclic) bond motifs is 1. The highest BCUT2D eigenvalue weighted by Gasteiger charge is 2.40. The molecule has 0 spiro atoms. The highest BCUT2D eigenvalue weighted by molar-refractivity contribution is 6.36. The zero-order valence-corrected chi connectivity index (χ0v) is 30.4. The predicted molar refractivity (Wildman–Crippen MR) is 203 cm³/mol. The SMILES string of the molecule is COc1cc(Cn2ncc3c(-c4cccc(-c5ccc(CNC[C@@H]6CCC(=O)N6)cc5)c4Cl)cccc32)c(Cl)cc1CN1CCC[C@@](O)(C(=O)O)C1. The lowest BCUT2D eigenvalue weighted by Gasteiger charge is -2.36. The second kappa shape index (κ2) is 15.3. The van der Waals surface area contributed by atoms with Crippen molar-refractivity contribution < 1.29 is 24.5 Å². The van der Waals surface area contributed by atoms with Gasteiger partial charge in [0.15, 0.2) is 5.60 Å². The number of piperidine rings is 1. The number of hydrogen-bond donors (Lipinski definition) is 4. The number of hydrogen-bond acceptors (Lipinski definition) is 7. The van der Waals surface area contributed by atoms with E-state index in [0.29, 0.717) is 54.8 Å². The minimum absolute atomic E-state index is 0.0352.